The summed E-state index contributed by atoms with van der Waals surface area (Å²) in [4.78, 5) is 37.5. The van der Waals surface area contributed by atoms with E-state index in [1.165, 1.54) is 6.33 Å². The topological polar surface area (TPSA) is 126 Å². The molecule has 2 amide bonds. The molecule has 12 heteroatoms. The Morgan fingerprint density at radius 1 is 0.812 bits per heavy atom. The van der Waals surface area contributed by atoms with Crippen LogP contribution in [0.5, 0.6) is 0 Å². The summed E-state index contributed by atoms with van der Waals surface area (Å²) in [6.07, 6.45) is 9.73. The Hall–Kier alpha value is -3.96. The fourth-order valence-corrected chi connectivity index (χ4v) is 4.11. The van der Waals surface area contributed by atoms with Gasteiger partial charge in [-0.1, -0.05) is 0 Å². The first-order valence-corrected chi connectivity index (χ1v) is 10.4. The lowest BCUT2D eigenvalue weighted by Gasteiger charge is -2.17. The van der Waals surface area contributed by atoms with E-state index in [1.807, 2.05) is 26.5 Å². The number of carbonyl (C=O) groups is 2. The van der Waals surface area contributed by atoms with Crippen LogP contribution in [0.4, 0.5) is 23.0 Å². The van der Waals surface area contributed by atoms with Gasteiger partial charge in [0.15, 0.2) is 0 Å². The van der Waals surface area contributed by atoms with Crippen molar-refractivity contribution in [3.05, 3.63) is 37.2 Å². The number of nitrogens with zero attached hydrogens (tertiary/aromatic N) is 8. The lowest BCUT2D eigenvalue weighted by molar-refractivity contribution is -0.118. The molecule has 0 aliphatic carbocycles. The molecular formula is C20H24N10O2. The van der Waals surface area contributed by atoms with E-state index in [4.69, 9.17) is 0 Å². The first kappa shape index (κ1) is 20.0. The smallest absolute Gasteiger partial charge is 0.249 e. The summed E-state index contributed by atoms with van der Waals surface area (Å²) < 4.78 is 3.34. The molecule has 3 aromatic rings. The largest absolute Gasteiger partial charge is 0.358 e. The first-order chi connectivity index (χ1) is 15.5. The number of aryl methyl sites for hydroxylation is 2. The van der Waals surface area contributed by atoms with E-state index in [0.29, 0.717) is 37.6 Å². The van der Waals surface area contributed by atoms with E-state index in [2.05, 4.69) is 30.8 Å². The number of anilines is 4. The molecule has 2 saturated heterocycles. The summed E-state index contributed by atoms with van der Waals surface area (Å²) in [5, 5.41) is 14.7. The highest BCUT2D eigenvalue weighted by Gasteiger charge is 2.35. The number of nitrogens with one attached hydrogen (secondary N) is 2. The second-order valence-corrected chi connectivity index (χ2v) is 7.98. The van der Waals surface area contributed by atoms with Crippen LogP contribution >= 0.6 is 0 Å². The summed E-state index contributed by atoms with van der Waals surface area (Å²) in [6, 6.07) is 0.958. The predicted molar refractivity (Wildman–Crippen MR) is 117 cm³/mol. The van der Waals surface area contributed by atoms with Crippen molar-refractivity contribution in [1.82, 2.24) is 29.5 Å². The third-order valence-corrected chi connectivity index (χ3v) is 5.73. The Bertz CT molecular complexity index is 1070. The Morgan fingerprint density at radius 3 is 1.69 bits per heavy atom. The van der Waals surface area contributed by atoms with Crippen LogP contribution in [0, 0.1) is 0 Å². The molecule has 2 aliphatic rings. The van der Waals surface area contributed by atoms with Crippen molar-refractivity contribution in [3.8, 4) is 0 Å². The minimum Gasteiger partial charge on any atom is -0.358 e. The molecule has 2 N–H and O–H groups in total. The monoisotopic (exact) mass is 436 g/mol. The second kappa shape index (κ2) is 7.94. The quantitative estimate of drug-likeness (QED) is 0.568. The third-order valence-electron chi connectivity index (χ3n) is 5.73. The van der Waals surface area contributed by atoms with Gasteiger partial charge in [-0.05, 0) is 12.8 Å². The molecule has 0 aromatic carbocycles. The lowest BCUT2D eigenvalue weighted by atomic mass is 10.2. The van der Waals surface area contributed by atoms with Gasteiger partial charge in [0.1, 0.15) is 30.0 Å². The van der Waals surface area contributed by atoms with Gasteiger partial charge in [-0.2, -0.15) is 10.2 Å². The summed E-state index contributed by atoms with van der Waals surface area (Å²) in [6.45, 7) is 1.22. The number of amides is 2. The molecule has 12 nitrogen and oxygen atoms in total. The van der Waals surface area contributed by atoms with E-state index in [0.717, 1.165) is 11.4 Å². The summed E-state index contributed by atoms with van der Waals surface area (Å²) in [5.74, 6) is 1.01. The SMILES string of the molecule is Cn1cc(N2CCC(Nc3cc(NC4CCN(c5cnn(C)c5)C4=O)ncn3)C2=O)cn1. The molecule has 3 aromatic heterocycles. The molecule has 2 unspecified atom stereocenters. The fourth-order valence-electron chi connectivity index (χ4n) is 4.11. The lowest BCUT2D eigenvalue weighted by Crippen LogP contribution is -2.34. The number of rotatable bonds is 6. The maximum Gasteiger partial charge on any atom is 0.249 e. The first-order valence-electron chi connectivity index (χ1n) is 10.4. The fraction of sp³-hybridized carbons (Fsp3) is 0.400. The molecular weight excluding hydrogens is 412 g/mol. The van der Waals surface area contributed by atoms with E-state index in [1.54, 1.807) is 37.6 Å². The van der Waals surface area contributed by atoms with E-state index >= 15 is 0 Å². The van der Waals surface area contributed by atoms with Crippen LogP contribution < -0.4 is 20.4 Å². The van der Waals surface area contributed by atoms with Crippen LogP contribution in [0.3, 0.4) is 0 Å². The zero-order chi connectivity index (χ0) is 22.2. The molecule has 0 spiro atoms. The van der Waals surface area contributed by atoms with E-state index in [-0.39, 0.29) is 23.9 Å². The molecule has 2 aliphatic heterocycles. The molecule has 0 saturated carbocycles. The van der Waals surface area contributed by atoms with Gasteiger partial charge < -0.3 is 20.4 Å². The highest BCUT2D eigenvalue weighted by molar-refractivity contribution is 6.01. The summed E-state index contributed by atoms with van der Waals surface area (Å²) in [7, 11) is 3.64. The van der Waals surface area contributed by atoms with E-state index < -0.39 is 0 Å². The van der Waals surface area contributed by atoms with Crippen molar-refractivity contribution in [2.24, 2.45) is 14.1 Å². The van der Waals surface area contributed by atoms with Gasteiger partial charge in [0.05, 0.1) is 23.8 Å². The van der Waals surface area contributed by atoms with Gasteiger partial charge in [0, 0.05) is 45.6 Å². The van der Waals surface area contributed by atoms with Crippen molar-refractivity contribution >= 4 is 34.8 Å². The molecule has 0 bridgehead atoms. The number of aromatic nitrogens is 6. The molecule has 32 heavy (non-hydrogen) atoms. The Labute approximate surface area is 184 Å². The van der Waals surface area contributed by atoms with Crippen molar-refractivity contribution < 1.29 is 9.59 Å². The summed E-state index contributed by atoms with van der Waals surface area (Å²) >= 11 is 0. The number of hydrogen-bond donors (Lipinski definition) is 2. The average molecular weight is 436 g/mol. The zero-order valence-corrected chi connectivity index (χ0v) is 17.8. The average Bonchev–Trinajstić information content (AvgIpc) is 3.54. The van der Waals surface area contributed by atoms with Crippen LogP contribution in [0.2, 0.25) is 0 Å². The van der Waals surface area contributed by atoms with Crippen LogP contribution in [-0.4, -0.2) is 66.5 Å². The minimum absolute atomic E-state index is 0.0239. The van der Waals surface area contributed by atoms with Crippen LogP contribution in [0.15, 0.2) is 37.2 Å². The number of hydrogen-bond acceptors (Lipinski definition) is 8. The molecule has 2 fully saturated rings. The highest BCUT2D eigenvalue weighted by Crippen LogP contribution is 2.25. The van der Waals surface area contributed by atoms with Crippen molar-refractivity contribution in [1.29, 1.82) is 0 Å². The van der Waals surface area contributed by atoms with Gasteiger partial charge in [-0.25, -0.2) is 9.97 Å². The summed E-state index contributed by atoms with van der Waals surface area (Å²) in [5.41, 5.74) is 1.56. The Morgan fingerprint density at radius 2 is 1.28 bits per heavy atom. The van der Waals surface area contributed by atoms with Gasteiger partial charge in [-0.3, -0.25) is 19.0 Å². The molecule has 5 heterocycles. The van der Waals surface area contributed by atoms with Gasteiger partial charge in [0.2, 0.25) is 11.8 Å². The van der Waals surface area contributed by atoms with Gasteiger partial charge >= 0.3 is 0 Å². The minimum atomic E-state index is -0.382. The van der Waals surface area contributed by atoms with Crippen molar-refractivity contribution in [3.63, 3.8) is 0 Å². The zero-order valence-electron chi connectivity index (χ0n) is 17.8. The normalized spacial score (nSPS) is 20.9. The standard InChI is InChI=1S/C20H24N10O2/c1-27-10-13(8-23-27)29-5-3-15(19(29)31)25-17-7-18(22-12-21-17)26-16-4-6-30(20(16)32)14-9-24-28(2)11-14/h7-12,15-16H,3-6H2,1-2H3,(H2,21,22,25,26). The molecule has 0 radical (unpaired) electrons. The van der Waals surface area contributed by atoms with Gasteiger partial charge in [0.25, 0.3) is 0 Å². The second-order valence-electron chi connectivity index (χ2n) is 7.98. The molecule has 5 rings (SSSR count). The Balaban J connectivity index is 1.23. The highest BCUT2D eigenvalue weighted by atomic mass is 16.2. The van der Waals surface area contributed by atoms with Crippen molar-refractivity contribution in [2.75, 3.05) is 33.5 Å². The van der Waals surface area contributed by atoms with E-state index in [9.17, 15) is 9.59 Å². The Kier molecular flexibility index (Phi) is 4.96. The molecule has 166 valence electrons. The predicted octanol–water partition coefficient (Wildman–Crippen LogP) is 0.378. The molecule has 2 atom stereocenters. The van der Waals surface area contributed by atoms with Crippen LogP contribution in [-0.2, 0) is 23.7 Å². The number of carbonyl (C=O) groups excluding carboxylic acids is 2. The maximum atomic E-state index is 12.8. The maximum absolute atomic E-state index is 12.8. The van der Waals surface area contributed by atoms with Crippen LogP contribution in [0.1, 0.15) is 12.8 Å². The van der Waals surface area contributed by atoms with Crippen molar-refractivity contribution in [2.45, 2.75) is 24.9 Å². The van der Waals surface area contributed by atoms with Gasteiger partial charge in [-0.15, -0.1) is 0 Å². The third kappa shape index (κ3) is 3.74. The van der Waals surface area contributed by atoms with Crippen LogP contribution in [0.25, 0.3) is 0 Å².